The molecule has 2 rings (SSSR count). The highest BCUT2D eigenvalue weighted by Gasteiger charge is 2.26. The van der Waals surface area contributed by atoms with Crippen LogP contribution in [0.2, 0.25) is 0 Å². The molecule has 0 saturated carbocycles. The molecule has 0 amide bonds. The second-order valence-electron chi connectivity index (χ2n) is 5.79. The summed E-state index contributed by atoms with van der Waals surface area (Å²) in [6, 6.07) is 21.1. The molecule has 2 aromatic rings. The zero-order valence-corrected chi connectivity index (χ0v) is 12.4. The fraction of sp³-hybridized carbons (Fsp3) is 0.333. The summed E-state index contributed by atoms with van der Waals surface area (Å²) in [4.78, 5) is 2.34. The normalized spacial score (nSPS) is 14.2. The Morgan fingerprint density at radius 3 is 2.05 bits per heavy atom. The van der Waals surface area contributed by atoms with Gasteiger partial charge in [-0.3, -0.25) is 0 Å². The van der Waals surface area contributed by atoms with Gasteiger partial charge in [-0.05, 0) is 18.2 Å². The number of nitrogens with two attached hydrogens (primary N) is 1. The third kappa shape index (κ3) is 3.69. The molecule has 106 valence electrons. The summed E-state index contributed by atoms with van der Waals surface area (Å²) in [6.45, 7) is 4.78. The molecule has 2 N–H and O–H groups in total. The molecule has 0 aliphatic rings. The van der Waals surface area contributed by atoms with Crippen LogP contribution in [-0.4, -0.2) is 25.0 Å². The van der Waals surface area contributed by atoms with E-state index in [4.69, 9.17) is 5.73 Å². The first kappa shape index (κ1) is 14.8. The Kier molecular flexibility index (Phi) is 4.94. The largest absolute Gasteiger partial charge is 0.330 e. The number of likely N-dealkylation sites (N-methyl/N-ethyl adjacent to an activating group) is 1. The molecule has 1 unspecified atom stereocenters. The third-order valence-corrected chi connectivity index (χ3v) is 3.84. The molecule has 0 fully saturated rings. The van der Waals surface area contributed by atoms with E-state index >= 15 is 0 Å². The van der Waals surface area contributed by atoms with Crippen LogP contribution in [0.5, 0.6) is 0 Å². The fourth-order valence-electron chi connectivity index (χ4n) is 2.66. The second-order valence-corrected chi connectivity index (χ2v) is 5.79. The van der Waals surface area contributed by atoms with Gasteiger partial charge in [-0.2, -0.15) is 0 Å². The lowest BCUT2D eigenvalue weighted by Gasteiger charge is -2.33. The van der Waals surface area contributed by atoms with Gasteiger partial charge >= 0.3 is 0 Å². The average molecular weight is 268 g/mol. The van der Waals surface area contributed by atoms with Crippen molar-refractivity contribution in [3.8, 4) is 0 Å². The van der Waals surface area contributed by atoms with Gasteiger partial charge in [0.05, 0.1) is 0 Å². The van der Waals surface area contributed by atoms with Crippen molar-refractivity contribution in [1.29, 1.82) is 0 Å². The van der Waals surface area contributed by atoms with Crippen LogP contribution in [0.4, 0.5) is 0 Å². The van der Waals surface area contributed by atoms with Crippen LogP contribution in [0.3, 0.4) is 0 Å². The van der Waals surface area contributed by atoms with E-state index in [-0.39, 0.29) is 5.41 Å². The molecular weight excluding hydrogens is 244 g/mol. The lowest BCUT2D eigenvalue weighted by atomic mass is 9.82. The highest BCUT2D eigenvalue weighted by Crippen LogP contribution is 2.23. The van der Waals surface area contributed by atoms with Gasteiger partial charge < -0.3 is 10.6 Å². The van der Waals surface area contributed by atoms with E-state index < -0.39 is 0 Å². The smallest absolute Gasteiger partial charge is 0.0231 e. The molecule has 0 bridgehead atoms. The highest BCUT2D eigenvalue weighted by molar-refractivity contribution is 5.25. The quantitative estimate of drug-likeness (QED) is 0.872. The van der Waals surface area contributed by atoms with Crippen LogP contribution in [0, 0.1) is 0 Å². The van der Waals surface area contributed by atoms with Crippen molar-refractivity contribution < 1.29 is 0 Å². The van der Waals surface area contributed by atoms with E-state index in [1.807, 2.05) is 6.07 Å². The molecule has 2 nitrogen and oxygen atoms in total. The van der Waals surface area contributed by atoms with Gasteiger partial charge in [-0.25, -0.2) is 0 Å². The van der Waals surface area contributed by atoms with Gasteiger partial charge in [0.15, 0.2) is 0 Å². The Hall–Kier alpha value is -1.64. The topological polar surface area (TPSA) is 29.3 Å². The minimum Gasteiger partial charge on any atom is -0.330 e. The van der Waals surface area contributed by atoms with Crippen molar-refractivity contribution in [2.24, 2.45) is 5.73 Å². The number of nitrogens with zero attached hydrogens (tertiary/aromatic N) is 1. The minimum absolute atomic E-state index is 0.00914. The number of hydrogen-bond acceptors (Lipinski definition) is 2. The average Bonchev–Trinajstić information content (AvgIpc) is 2.49. The maximum absolute atomic E-state index is 6.05. The molecule has 0 heterocycles. The molecule has 2 aromatic carbocycles. The van der Waals surface area contributed by atoms with Crippen molar-refractivity contribution in [2.45, 2.75) is 18.9 Å². The van der Waals surface area contributed by atoms with Gasteiger partial charge in [0.2, 0.25) is 0 Å². The van der Waals surface area contributed by atoms with E-state index in [1.165, 1.54) is 11.1 Å². The van der Waals surface area contributed by atoms with E-state index in [0.717, 1.165) is 13.1 Å². The van der Waals surface area contributed by atoms with Gasteiger partial charge in [-0.15, -0.1) is 0 Å². The Morgan fingerprint density at radius 1 is 0.950 bits per heavy atom. The van der Waals surface area contributed by atoms with Crippen molar-refractivity contribution in [2.75, 3.05) is 20.1 Å². The lowest BCUT2D eigenvalue weighted by Crippen LogP contribution is -2.42. The summed E-state index contributed by atoms with van der Waals surface area (Å²) in [7, 11) is 2.16. The molecule has 0 aliphatic carbocycles. The van der Waals surface area contributed by atoms with Crippen LogP contribution in [0.25, 0.3) is 0 Å². The molecule has 0 spiro atoms. The highest BCUT2D eigenvalue weighted by atomic mass is 15.1. The number of hydrogen-bond donors (Lipinski definition) is 1. The SMILES string of the molecule is CN(Cc1ccccc1)CC(C)(CN)c1ccccc1. The first-order chi connectivity index (χ1) is 9.64. The Balaban J connectivity index is 2.06. The van der Waals surface area contributed by atoms with Gasteiger partial charge in [-0.1, -0.05) is 67.6 Å². The predicted molar refractivity (Wildman–Crippen MR) is 85.6 cm³/mol. The van der Waals surface area contributed by atoms with Crippen molar-refractivity contribution >= 4 is 0 Å². The predicted octanol–water partition coefficient (Wildman–Crippen LogP) is 3.04. The summed E-state index contributed by atoms with van der Waals surface area (Å²) < 4.78 is 0. The van der Waals surface area contributed by atoms with E-state index in [0.29, 0.717) is 6.54 Å². The van der Waals surface area contributed by atoms with Crippen LogP contribution >= 0.6 is 0 Å². The number of rotatable bonds is 6. The van der Waals surface area contributed by atoms with Crippen molar-refractivity contribution in [3.63, 3.8) is 0 Å². The fourth-order valence-corrected chi connectivity index (χ4v) is 2.66. The second kappa shape index (κ2) is 6.69. The molecular formula is C18H24N2. The monoisotopic (exact) mass is 268 g/mol. The third-order valence-electron chi connectivity index (χ3n) is 3.84. The summed E-state index contributed by atoms with van der Waals surface area (Å²) in [5, 5.41) is 0. The van der Waals surface area contributed by atoms with Crippen LogP contribution in [0.1, 0.15) is 18.1 Å². The van der Waals surface area contributed by atoms with Gasteiger partial charge in [0.1, 0.15) is 0 Å². The Labute approximate surface area is 122 Å². The molecule has 2 heteroatoms. The zero-order valence-electron chi connectivity index (χ0n) is 12.4. The molecule has 0 aromatic heterocycles. The van der Waals surface area contributed by atoms with E-state index in [9.17, 15) is 0 Å². The standard InChI is InChI=1S/C18H24N2/c1-18(14-19,17-11-7-4-8-12-17)15-20(2)13-16-9-5-3-6-10-16/h3-12H,13-15,19H2,1-2H3. The summed E-state index contributed by atoms with van der Waals surface area (Å²) >= 11 is 0. The molecule has 0 aliphatic heterocycles. The van der Waals surface area contributed by atoms with E-state index in [1.54, 1.807) is 0 Å². The molecule has 1 atom stereocenters. The maximum Gasteiger partial charge on any atom is 0.0231 e. The summed E-state index contributed by atoms with van der Waals surface area (Å²) in [6.07, 6.45) is 0. The molecule has 20 heavy (non-hydrogen) atoms. The first-order valence-electron chi connectivity index (χ1n) is 7.12. The lowest BCUT2D eigenvalue weighted by molar-refractivity contribution is 0.252. The van der Waals surface area contributed by atoms with Gasteiger partial charge in [0, 0.05) is 25.0 Å². The summed E-state index contributed by atoms with van der Waals surface area (Å²) in [5.41, 5.74) is 8.69. The van der Waals surface area contributed by atoms with Crippen molar-refractivity contribution in [1.82, 2.24) is 4.90 Å². The van der Waals surface area contributed by atoms with E-state index in [2.05, 4.69) is 73.5 Å². The number of benzene rings is 2. The van der Waals surface area contributed by atoms with Crippen LogP contribution in [0.15, 0.2) is 60.7 Å². The van der Waals surface area contributed by atoms with Gasteiger partial charge in [0.25, 0.3) is 0 Å². The molecule has 0 saturated heterocycles. The Bertz CT molecular complexity index is 509. The Morgan fingerprint density at radius 2 is 1.50 bits per heavy atom. The van der Waals surface area contributed by atoms with Crippen LogP contribution < -0.4 is 5.73 Å². The first-order valence-corrected chi connectivity index (χ1v) is 7.12. The summed E-state index contributed by atoms with van der Waals surface area (Å²) in [5.74, 6) is 0. The van der Waals surface area contributed by atoms with Crippen LogP contribution in [-0.2, 0) is 12.0 Å². The van der Waals surface area contributed by atoms with Crippen molar-refractivity contribution in [3.05, 3.63) is 71.8 Å². The maximum atomic E-state index is 6.05. The minimum atomic E-state index is -0.00914. The molecule has 0 radical (unpaired) electrons. The zero-order chi connectivity index (χ0) is 14.4.